The van der Waals surface area contributed by atoms with Crippen LogP contribution in [0.3, 0.4) is 0 Å². The number of furan rings is 1. The van der Waals surface area contributed by atoms with Crippen molar-refractivity contribution in [3.05, 3.63) is 53.5 Å². The van der Waals surface area contributed by atoms with Gasteiger partial charge in [0.1, 0.15) is 23.6 Å². The fourth-order valence-corrected chi connectivity index (χ4v) is 1.74. The molecule has 0 atom stereocenters. The molecule has 0 amide bonds. The highest BCUT2D eigenvalue weighted by Gasteiger charge is 2.09. The van der Waals surface area contributed by atoms with Crippen molar-refractivity contribution in [2.24, 2.45) is 5.92 Å². The van der Waals surface area contributed by atoms with E-state index >= 15 is 0 Å². The number of hydrogen-bond acceptors (Lipinski definition) is 2. The summed E-state index contributed by atoms with van der Waals surface area (Å²) in [6, 6.07) is 9.86. The lowest BCUT2D eigenvalue weighted by atomic mass is 10.0. The van der Waals surface area contributed by atoms with Crippen molar-refractivity contribution in [3.63, 3.8) is 0 Å². The summed E-state index contributed by atoms with van der Waals surface area (Å²) in [4.78, 5) is 10.9. The Balaban J connectivity index is 2.35. The number of allylic oxidation sites excluding steroid dienone is 1. The Morgan fingerprint density at radius 2 is 1.95 bits per heavy atom. The maximum atomic E-state index is 13.6. The molecular formula is C16H15FO2. The molecule has 0 radical (unpaired) electrons. The quantitative estimate of drug-likeness (QED) is 0.603. The van der Waals surface area contributed by atoms with Gasteiger partial charge in [-0.1, -0.05) is 26.0 Å². The van der Waals surface area contributed by atoms with E-state index < -0.39 is 0 Å². The number of hydrogen-bond donors (Lipinski definition) is 0. The Bertz CT molecular complexity index is 609. The molecule has 1 aromatic heterocycles. The molecule has 0 aliphatic heterocycles. The van der Waals surface area contributed by atoms with Crippen molar-refractivity contribution >= 4 is 12.4 Å². The van der Waals surface area contributed by atoms with Crippen molar-refractivity contribution in [2.45, 2.75) is 13.8 Å². The number of halogens is 1. The Labute approximate surface area is 111 Å². The van der Waals surface area contributed by atoms with E-state index in [2.05, 4.69) is 0 Å². The molecule has 2 aromatic rings. The van der Waals surface area contributed by atoms with Crippen LogP contribution in [0, 0.1) is 11.7 Å². The van der Waals surface area contributed by atoms with E-state index in [0.717, 1.165) is 6.29 Å². The third-order valence-corrected chi connectivity index (χ3v) is 2.88. The number of rotatable bonds is 4. The predicted octanol–water partition coefficient (Wildman–Crippen LogP) is 4.32. The lowest BCUT2D eigenvalue weighted by Gasteiger charge is -2.02. The molecule has 1 heterocycles. The second-order valence-corrected chi connectivity index (χ2v) is 4.60. The first kappa shape index (κ1) is 13.3. The summed E-state index contributed by atoms with van der Waals surface area (Å²) in [6.07, 6.45) is 2.50. The first-order valence-corrected chi connectivity index (χ1v) is 6.13. The molecule has 2 rings (SSSR count). The molecule has 0 saturated carbocycles. The largest absolute Gasteiger partial charge is 0.457 e. The lowest BCUT2D eigenvalue weighted by Crippen LogP contribution is -1.94. The summed E-state index contributed by atoms with van der Waals surface area (Å²) >= 11 is 0. The van der Waals surface area contributed by atoms with Crippen LogP contribution in [0.25, 0.3) is 17.4 Å². The van der Waals surface area contributed by atoms with Gasteiger partial charge < -0.3 is 4.42 Å². The molecule has 0 bridgehead atoms. The van der Waals surface area contributed by atoms with E-state index in [1.807, 2.05) is 13.8 Å². The van der Waals surface area contributed by atoms with E-state index in [9.17, 15) is 9.18 Å². The summed E-state index contributed by atoms with van der Waals surface area (Å²) < 4.78 is 19.2. The standard InChI is InChI=1S/C16H15FO2/c1-11(2)12(10-18)9-13-7-8-16(19-13)14-5-3-4-6-15(14)17/h3-11H,1-2H3. The van der Waals surface area contributed by atoms with Crippen LogP contribution in [-0.2, 0) is 4.79 Å². The zero-order chi connectivity index (χ0) is 13.8. The molecule has 0 spiro atoms. The van der Waals surface area contributed by atoms with Gasteiger partial charge >= 0.3 is 0 Å². The monoisotopic (exact) mass is 258 g/mol. The summed E-state index contributed by atoms with van der Waals surface area (Å²) in [6.45, 7) is 3.86. The topological polar surface area (TPSA) is 30.2 Å². The molecule has 0 N–H and O–H groups in total. The lowest BCUT2D eigenvalue weighted by molar-refractivity contribution is -0.105. The molecule has 1 aromatic carbocycles. The molecule has 19 heavy (non-hydrogen) atoms. The normalized spacial score (nSPS) is 11.9. The Hall–Kier alpha value is -2.16. The summed E-state index contributed by atoms with van der Waals surface area (Å²) in [5, 5.41) is 0. The van der Waals surface area contributed by atoms with Crippen molar-refractivity contribution in [2.75, 3.05) is 0 Å². The van der Waals surface area contributed by atoms with Crippen LogP contribution in [0.2, 0.25) is 0 Å². The van der Waals surface area contributed by atoms with Crippen molar-refractivity contribution in [1.29, 1.82) is 0 Å². The van der Waals surface area contributed by atoms with Crippen LogP contribution in [-0.4, -0.2) is 6.29 Å². The maximum Gasteiger partial charge on any atom is 0.146 e. The average Bonchev–Trinajstić information content (AvgIpc) is 2.84. The molecule has 3 heteroatoms. The van der Waals surface area contributed by atoms with Crippen LogP contribution in [0.15, 0.2) is 46.4 Å². The van der Waals surface area contributed by atoms with Crippen molar-refractivity contribution < 1.29 is 13.6 Å². The smallest absolute Gasteiger partial charge is 0.146 e. The Kier molecular flexibility index (Phi) is 3.95. The molecular weight excluding hydrogens is 243 g/mol. The van der Waals surface area contributed by atoms with E-state index in [1.54, 1.807) is 36.4 Å². The summed E-state index contributed by atoms with van der Waals surface area (Å²) in [7, 11) is 0. The second kappa shape index (κ2) is 5.65. The van der Waals surface area contributed by atoms with Gasteiger partial charge in [-0.05, 0) is 41.8 Å². The number of aldehydes is 1. The van der Waals surface area contributed by atoms with Crippen LogP contribution in [0.1, 0.15) is 19.6 Å². The Morgan fingerprint density at radius 1 is 1.21 bits per heavy atom. The van der Waals surface area contributed by atoms with Gasteiger partial charge in [-0.2, -0.15) is 0 Å². The van der Waals surface area contributed by atoms with Gasteiger partial charge in [-0.25, -0.2) is 4.39 Å². The SMILES string of the molecule is CC(C)C(C=O)=Cc1ccc(-c2ccccc2F)o1. The molecule has 0 aliphatic carbocycles. The first-order chi connectivity index (χ1) is 9.11. The molecule has 0 saturated heterocycles. The minimum absolute atomic E-state index is 0.125. The third kappa shape index (κ3) is 2.99. The summed E-state index contributed by atoms with van der Waals surface area (Å²) in [5.41, 5.74) is 1.06. The number of carbonyl (C=O) groups excluding carboxylic acids is 1. The van der Waals surface area contributed by atoms with Gasteiger partial charge in [0.25, 0.3) is 0 Å². The van der Waals surface area contributed by atoms with Crippen molar-refractivity contribution in [1.82, 2.24) is 0 Å². The van der Waals surface area contributed by atoms with Gasteiger partial charge in [0, 0.05) is 0 Å². The fraction of sp³-hybridized carbons (Fsp3) is 0.188. The van der Waals surface area contributed by atoms with Crippen LogP contribution in [0.5, 0.6) is 0 Å². The minimum Gasteiger partial charge on any atom is -0.457 e. The van der Waals surface area contributed by atoms with E-state index in [-0.39, 0.29) is 11.7 Å². The van der Waals surface area contributed by atoms with Crippen LogP contribution < -0.4 is 0 Å². The van der Waals surface area contributed by atoms with Gasteiger partial charge in [0.15, 0.2) is 0 Å². The zero-order valence-corrected chi connectivity index (χ0v) is 10.9. The van der Waals surface area contributed by atoms with Gasteiger partial charge in [0.2, 0.25) is 0 Å². The molecule has 0 aliphatic rings. The second-order valence-electron chi connectivity index (χ2n) is 4.60. The molecule has 98 valence electrons. The van der Waals surface area contributed by atoms with Crippen LogP contribution >= 0.6 is 0 Å². The highest BCUT2D eigenvalue weighted by molar-refractivity contribution is 5.81. The molecule has 0 unspecified atom stereocenters. The minimum atomic E-state index is -0.327. The van der Waals surface area contributed by atoms with Gasteiger partial charge in [0.05, 0.1) is 5.56 Å². The van der Waals surface area contributed by atoms with E-state index in [1.165, 1.54) is 6.07 Å². The fourth-order valence-electron chi connectivity index (χ4n) is 1.74. The van der Waals surface area contributed by atoms with Gasteiger partial charge in [-0.15, -0.1) is 0 Å². The third-order valence-electron chi connectivity index (χ3n) is 2.88. The molecule has 0 fully saturated rings. The summed E-state index contributed by atoms with van der Waals surface area (Å²) in [5.74, 6) is 0.804. The predicted molar refractivity (Wildman–Crippen MR) is 73.0 cm³/mol. The van der Waals surface area contributed by atoms with Gasteiger partial charge in [-0.3, -0.25) is 4.79 Å². The number of benzene rings is 1. The zero-order valence-electron chi connectivity index (χ0n) is 10.9. The first-order valence-electron chi connectivity index (χ1n) is 6.13. The van der Waals surface area contributed by atoms with Crippen LogP contribution in [0.4, 0.5) is 4.39 Å². The highest BCUT2D eigenvalue weighted by Crippen LogP contribution is 2.26. The number of carbonyl (C=O) groups is 1. The molecule has 2 nitrogen and oxygen atoms in total. The maximum absolute atomic E-state index is 13.6. The van der Waals surface area contributed by atoms with E-state index in [0.29, 0.717) is 22.7 Å². The Morgan fingerprint density at radius 3 is 2.58 bits per heavy atom. The van der Waals surface area contributed by atoms with E-state index in [4.69, 9.17) is 4.42 Å². The average molecular weight is 258 g/mol. The van der Waals surface area contributed by atoms with Crippen molar-refractivity contribution in [3.8, 4) is 11.3 Å². The highest BCUT2D eigenvalue weighted by atomic mass is 19.1.